The van der Waals surface area contributed by atoms with Crippen molar-refractivity contribution >= 4 is 8.03 Å². The van der Waals surface area contributed by atoms with E-state index in [1.54, 1.807) is 0 Å². The lowest BCUT2D eigenvalue weighted by atomic mass is 10.2. The van der Waals surface area contributed by atoms with Crippen LogP contribution in [0.2, 0.25) is 0 Å². The summed E-state index contributed by atoms with van der Waals surface area (Å²) in [6.07, 6.45) is 0.451. The molecule has 1 rings (SSSR count). The fraction of sp³-hybridized carbons (Fsp3) is 0.250. The van der Waals surface area contributed by atoms with E-state index < -0.39 is 13.8 Å². The van der Waals surface area contributed by atoms with Crippen LogP contribution in [0.3, 0.4) is 0 Å². The number of benzene rings is 1. The predicted molar refractivity (Wildman–Crippen MR) is 47.9 cm³/mol. The van der Waals surface area contributed by atoms with Gasteiger partial charge in [0, 0.05) is 6.42 Å². The lowest BCUT2D eigenvalue weighted by Crippen LogP contribution is -2.17. The first-order valence-corrected chi connectivity index (χ1v) is 4.93. The van der Waals surface area contributed by atoms with Gasteiger partial charge in [0.15, 0.2) is 0 Å². The average molecular weight is 184 g/mol. The lowest BCUT2D eigenvalue weighted by Gasteiger charge is -1.97. The van der Waals surface area contributed by atoms with Crippen molar-refractivity contribution in [3.05, 3.63) is 35.9 Å². The quantitative estimate of drug-likeness (QED) is 0.695. The second-order valence-electron chi connectivity index (χ2n) is 2.56. The minimum atomic E-state index is -2.26. The molecule has 0 amide bonds. The molecule has 0 heterocycles. The maximum Gasteiger partial charge on any atom is 0.524 e. The summed E-state index contributed by atoms with van der Waals surface area (Å²) in [5.74, 6) is -0.651. The van der Waals surface area contributed by atoms with E-state index in [2.05, 4.69) is 0 Å². The van der Waals surface area contributed by atoms with Gasteiger partial charge in [-0.05, 0) is 10.1 Å². The van der Waals surface area contributed by atoms with Crippen LogP contribution in [0.5, 0.6) is 0 Å². The van der Waals surface area contributed by atoms with E-state index in [0.29, 0.717) is 6.42 Å². The summed E-state index contributed by atoms with van der Waals surface area (Å²) in [7, 11) is -2.26. The Bertz CT molecular complexity index is 263. The first-order valence-electron chi connectivity index (χ1n) is 3.65. The second kappa shape index (κ2) is 4.31. The molecule has 1 aromatic rings. The third-order valence-electron chi connectivity index (χ3n) is 1.57. The van der Waals surface area contributed by atoms with Crippen molar-refractivity contribution in [2.24, 2.45) is 5.73 Å². The van der Waals surface area contributed by atoms with Crippen LogP contribution in [-0.4, -0.2) is 10.7 Å². The van der Waals surface area contributed by atoms with Crippen LogP contribution in [-0.2, 0) is 11.0 Å². The molecule has 3 N–H and O–H groups in total. The first kappa shape index (κ1) is 9.33. The molecule has 4 heteroatoms. The lowest BCUT2D eigenvalue weighted by molar-refractivity contribution is 0.488. The molecular formula is C8H11NO2P+. The van der Waals surface area contributed by atoms with Gasteiger partial charge in [-0.15, -0.1) is 0 Å². The molecule has 3 nitrogen and oxygen atoms in total. The van der Waals surface area contributed by atoms with Crippen molar-refractivity contribution in [1.82, 2.24) is 0 Å². The summed E-state index contributed by atoms with van der Waals surface area (Å²) < 4.78 is 10.5. The van der Waals surface area contributed by atoms with Gasteiger partial charge >= 0.3 is 8.03 Å². The third-order valence-corrected chi connectivity index (χ3v) is 2.32. The SMILES string of the molecule is NC(Cc1ccccc1)[P+](=O)O. The molecule has 0 aliphatic rings. The molecule has 0 bridgehead atoms. The molecule has 0 aliphatic carbocycles. The number of hydrogen-bond donors (Lipinski definition) is 2. The van der Waals surface area contributed by atoms with Gasteiger partial charge in [-0.3, -0.25) is 5.73 Å². The topological polar surface area (TPSA) is 63.3 Å². The summed E-state index contributed by atoms with van der Waals surface area (Å²) in [4.78, 5) is 8.67. The highest BCUT2D eigenvalue weighted by Crippen LogP contribution is 2.20. The molecule has 0 spiro atoms. The number of nitrogens with two attached hydrogens (primary N) is 1. The average Bonchev–Trinajstić information content (AvgIpc) is 2.06. The number of hydrogen-bond acceptors (Lipinski definition) is 2. The predicted octanol–water partition coefficient (Wildman–Crippen LogP) is 1.25. The number of rotatable bonds is 3. The molecule has 0 aromatic heterocycles. The molecule has 1 aromatic carbocycles. The van der Waals surface area contributed by atoms with Gasteiger partial charge in [0.25, 0.3) is 0 Å². The fourth-order valence-corrected chi connectivity index (χ4v) is 1.30. The molecule has 0 aliphatic heterocycles. The zero-order valence-corrected chi connectivity index (χ0v) is 7.45. The molecule has 0 saturated carbocycles. The Kier molecular flexibility index (Phi) is 3.35. The van der Waals surface area contributed by atoms with Gasteiger partial charge in [-0.2, -0.15) is 4.89 Å². The van der Waals surface area contributed by atoms with E-state index in [0.717, 1.165) is 5.56 Å². The highest BCUT2D eigenvalue weighted by Gasteiger charge is 2.23. The molecule has 0 saturated heterocycles. The maximum atomic E-state index is 10.5. The Hall–Kier alpha value is -0.760. The smallest absolute Gasteiger partial charge is 0.285 e. The van der Waals surface area contributed by atoms with Crippen molar-refractivity contribution in [1.29, 1.82) is 0 Å². The maximum absolute atomic E-state index is 10.5. The van der Waals surface area contributed by atoms with Crippen LogP contribution in [0, 0.1) is 0 Å². The van der Waals surface area contributed by atoms with E-state index in [1.165, 1.54) is 0 Å². The van der Waals surface area contributed by atoms with E-state index in [-0.39, 0.29) is 0 Å². The molecule has 64 valence electrons. The van der Waals surface area contributed by atoms with Gasteiger partial charge in [0.2, 0.25) is 5.78 Å². The summed E-state index contributed by atoms with van der Waals surface area (Å²) in [5.41, 5.74) is 6.40. The monoisotopic (exact) mass is 184 g/mol. The van der Waals surface area contributed by atoms with Crippen LogP contribution >= 0.6 is 8.03 Å². The Balaban J connectivity index is 2.58. The molecular weight excluding hydrogens is 173 g/mol. The van der Waals surface area contributed by atoms with E-state index >= 15 is 0 Å². The Morgan fingerprint density at radius 2 is 2.00 bits per heavy atom. The molecule has 2 atom stereocenters. The molecule has 0 radical (unpaired) electrons. The van der Waals surface area contributed by atoms with Gasteiger partial charge in [0.1, 0.15) is 0 Å². The summed E-state index contributed by atoms with van der Waals surface area (Å²) in [6.45, 7) is 0. The van der Waals surface area contributed by atoms with Crippen molar-refractivity contribution in [2.75, 3.05) is 0 Å². The molecule has 12 heavy (non-hydrogen) atoms. The van der Waals surface area contributed by atoms with Gasteiger partial charge in [-0.25, -0.2) is 0 Å². The van der Waals surface area contributed by atoms with Crippen molar-refractivity contribution < 1.29 is 9.46 Å². The minimum absolute atomic E-state index is 0.451. The largest absolute Gasteiger partial charge is 0.524 e. The van der Waals surface area contributed by atoms with Gasteiger partial charge in [-0.1, -0.05) is 30.3 Å². The molecule has 0 fully saturated rings. The van der Waals surface area contributed by atoms with Gasteiger partial charge < -0.3 is 0 Å². The Morgan fingerprint density at radius 1 is 1.42 bits per heavy atom. The fourth-order valence-electron chi connectivity index (χ4n) is 0.934. The summed E-state index contributed by atoms with van der Waals surface area (Å²) in [6, 6.07) is 9.43. The van der Waals surface area contributed by atoms with Crippen LogP contribution in [0.15, 0.2) is 30.3 Å². The Labute approximate surface area is 72.1 Å². The van der Waals surface area contributed by atoms with E-state index in [4.69, 9.17) is 10.6 Å². The second-order valence-corrected chi connectivity index (χ2v) is 3.83. The zero-order chi connectivity index (χ0) is 8.97. The third kappa shape index (κ3) is 2.70. The van der Waals surface area contributed by atoms with Gasteiger partial charge in [0.05, 0.1) is 0 Å². The van der Waals surface area contributed by atoms with Crippen molar-refractivity contribution in [3.63, 3.8) is 0 Å². The highest BCUT2D eigenvalue weighted by molar-refractivity contribution is 7.38. The Morgan fingerprint density at radius 3 is 2.50 bits per heavy atom. The van der Waals surface area contributed by atoms with Crippen LogP contribution < -0.4 is 5.73 Å². The minimum Gasteiger partial charge on any atom is -0.285 e. The first-order chi connectivity index (χ1) is 5.70. The zero-order valence-electron chi connectivity index (χ0n) is 6.55. The van der Waals surface area contributed by atoms with E-state index in [9.17, 15) is 4.57 Å². The van der Waals surface area contributed by atoms with Crippen molar-refractivity contribution in [3.8, 4) is 0 Å². The van der Waals surface area contributed by atoms with Crippen molar-refractivity contribution in [2.45, 2.75) is 12.2 Å². The van der Waals surface area contributed by atoms with Crippen LogP contribution in [0.25, 0.3) is 0 Å². The summed E-state index contributed by atoms with van der Waals surface area (Å²) >= 11 is 0. The summed E-state index contributed by atoms with van der Waals surface area (Å²) in [5, 5.41) is 0. The van der Waals surface area contributed by atoms with E-state index in [1.807, 2.05) is 30.3 Å². The standard InChI is InChI=1S/C8H10NO2P/c9-8(12(10)11)6-7-4-2-1-3-5-7/h1-5,8H,6,9H2/p+1. The highest BCUT2D eigenvalue weighted by atomic mass is 31.1. The normalized spacial score (nSPS) is 14.0. The molecule has 2 unspecified atom stereocenters. The van der Waals surface area contributed by atoms with Crippen LogP contribution in [0.4, 0.5) is 0 Å². The van der Waals surface area contributed by atoms with Crippen LogP contribution in [0.1, 0.15) is 5.56 Å².